The number of ether oxygens (including phenoxy) is 6. The fourth-order valence-corrected chi connectivity index (χ4v) is 7.21. The van der Waals surface area contributed by atoms with Crippen molar-refractivity contribution in [3.8, 4) is 28.7 Å². The minimum atomic E-state index is -3.64. The molecule has 3 aromatic rings. The summed E-state index contributed by atoms with van der Waals surface area (Å²) in [6.07, 6.45) is 1.31. The molecule has 1 aliphatic rings. The summed E-state index contributed by atoms with van der Waals surface area (Å²) in [4.78, 5) is 1.17. The molecule has 0 spiro atoms. The molecule has 0 bridgehead atoms. The number of hydrogen-bond donors (Lipinski definition) is 1. The lowest BCUT2D eigenvalue weighted by molar-refractivity contribution is 0.0435. The van der Waals surface area contributed by atoms with Crippen LogP contribution in [0.2, 0.25) is 0 Å². The van der Waals surface area contributed by atoms with Crippen LogP contribution in [0, 0.1) is 0 Å². The first-order chi connectivity index (χ1) is 20.2. The molecule has 3 aromatic carbocycles. The smallest absolute Gasteiger partial charge is 0.203 e. The molecule has 1 saturated heterocycles. The van der Waals surface area contributed by atoms with Crippen LogP contribution in [0.15, 0.2) is 58.3 Å². The highest BCUT2D eigenvalue weighted by Gasteiger charge is 2.32. The van der Waals surface area contributed by atoms with Crippen molar-refractivity contribution in [1.29, 1.82) is 0 Å². The number of nitrogen functional groups attached to an aromatic ring is 1. The molecule has 0 aromatic heterocycles. The van der Waals surface area contributed by atoms with Gasteiger partial charge in [-0.2, -0.15) is 0 Å². The van der Waals surface area contributed by atoms with E-state index in [1.807, 2.05) is 49.4 Å². The number of rotatable bonds is 14. The van der Waals surface area contributed by atoms with Gasteiger partial charge in [-0.25, -0.2) is 8.42 Å². The third kappa shape index (κ3) is 7.19. The largest absolute Gasteiger partial charge is 0.493 e. The lowest BCUT2D eigenvalue weighted by Gasteiger charge is -2.21. The van der Waals surface area contributed by atoms with Gasteiger partial charge in [-0.3, -0.25) is 0 Å². The lowest BCUT2D eigenvalue weighted by Crippen LogP contribution is -2.12. The Morgan fingerprint density at radius 3 is 1.90 bits per heavy atom. The standard InChI is InChI=1S/C31H39NO8S2/c1-6-15-42(33,34)29-19-21(18-28(37-4)31(29)39-13-14-41-23-9-7-22(32)8-10-23)25-12-11-24(40-25)20-16-26(35-2)30(38-5)27(17-20)36-3/h7-10,16-19,24-25H,6,11-15,32H2,1-5H3/t24-,25?/m0/s1. The summed E-state index contributed by atoms with van der Waals surface area (Å²) in [6.45, 7) is 2.13. The molecule has 42 heavy (non-hydrogen) atoms. The zero-order valence-corrected chi connectivity index (χ0v) is 26.3. The van der Waals surface area contributed by atoms with Gasteiger partial charge in [-0.05, 0) is 78.9 Å². The molecule has 1 heterocycles. The number of hydrogen-bond acceptors (Lipinski definition) is 10. The van der Waals surface area contributed by atoms with Crippen LogP contribution < -0.4 is 29.4 Å². The molecule has 2 atom stereocenters. The fraction of sp³-hybridized carbons (Fsp3) is 0.419. The summed E-state index contributed by atoms with van der Waals surface area (Å²) < 4.78 is 61.6. The Balaban J connectivity index is 1.59. The van der Waals surface area contributed by atoms with Gasteiger partial charge in [0.2, 0.25) is 5.75 Å². The van der Waals surface area contributed by atoms with Crippen LogP contribution in [0.4, 0.5) is 5.69 Å². The van der Waals surface area contributed by atoms with Crippen molar-refractivity contribution in [3.05, 3.63) is 59.7 Å². The van der Waals surface area contributed by atoms with Crippen molar-refractivity contribution in [3.63, 3.8) is 0 Å². The Morgan fingerprint density at radius 1 is 0.833 bits per heavy atom. The van der Waals surface area contributed by atoms with Gasteiger partial charge in [0.15, 0.2) is 32.8 Å². The molecular formula is C31H39NO8S2. The summed E-state index contributed by atoms with van der Waals surface area (Å²) in [7, 11) is 2.58. The van der Waals surface area contributed by atoms with E-state index in [0.29, 0.717) is 53.9 Å². The Bertz CT molecular complexity index is 1440. The molecule has 9 nitrogen and oxygen atoms in total. The van der Waals surface area contributed by atoms with E-state index in [-0.39, 0.29) is 28.6 Å². The highest BCUT2D eigenvalue weighted by molar-refractivity contribution is 7.99. The predicted molar refractivity (Wildman–Crippen MR) is 164 cm³/mol. The third-order valence-corrected chi connectivity index (χ3v) is 9.90. The fourth-order valence-electron chi connectivity index (χ4n) is 4.97. The normalized spacial score (nSPS) is 16.7. The molecule has 2 N–H and O–H groups in total. The number of benzene rings is 3. The quantitative estimate of drug-likeness (QED) is 0.126. The van der Waals surface area contributed by atoms with Crippen LogP contribution >= 0.6 is 11.8 Å². The number of thioether (sulfide) groups is 1. The second kappa shape index (κ2) is 14.3. The minimum absolute atomic E-state index is 0.00422. The van der Waals surface area contributed by atoms with Gasteiger partial charge in [0, 0.05) is 16.3 Å². The van der Waals surface area contributed by atoms with Gasteiger partial charge in [-0.15, -0.1) is 11.8 Å². The van der Waals surface area contributed by atoms with Gasteiger partial charge < -0.3 is 34.2 Å². The number of nitrogens with two attached hydrogens (primary N) is 1. The molecule has 228 valence electrons. The maximum absolute atomic E-state index is 13.4. The second-order valence-corrected chi connectivity index (χ2v) is 13.0. The van der Waals surface area contributed by atoms with Crippen LogP contribution in [0.1, 0.15) is 49.5 Å². The van der Waals surface area contributed by atoms with Gasteiger partial charge >= 0.3 is 0 Å². The molecule has 0 radical (unpaired) electrons. The van der Waals surface area contributed by atoms with E-state index in [4.69, 9.17) is 34.2 Å². The van der Waals surface area contributed by atoms with Gasteiger partial charge in [-0.1, -0.05) is 6.92 Å². The lowest BCUT2D eigenvalue weighted by atomic mass is 10.0. The van der Waals surface area contributed by atoms with E-state index < -0.39 is 9.84 Å². The van der Waals surface area contributed by atoms with Crippen LogP contribution in [0.3, 0.4) is 0 Å². The van der Waals surface area contributed by atoms with E-state index in [1.165, 1.54) is 7.11 Å². The van der Waals surface area contributed by atoms with Crippen molar-refractivity contribution in [2.75, 3.05) is 52.3 Å². The monoisotopic (exact) mass is 617 g/mol. The maximum atomic E-state index is 13.4. The van der Waals surface area contributed by atoms with E-state index >= 15 is 0 Å². The molecule has 4 rings (SSSR count). The molecule has 0 aliphatic carbocycles. The Morgan fingerprint density at radius 2 is 1.38 bits per heavy atom. The van der Waals surface area contributed by atoms with Crippen LogP contribution in [0.5, 0.6) is 28.7 Å². The van der Waals surface area contributed by atoms with E-state index in [9.17, 15) is 8.42 Å². The van der Waals surface area contributed by atoms with Crippen molar-refractivity contribution in [2.45, 2.75) is 48.2 Å². The summed E-state index contributed by atoms with van der Waals surface area (Å²) in [5.74, 6) is 2.80. The molecule has 1 fully saturated rings. The number of methoxy groups -OCH3 is 4. The SMILES string of the molecule is CCCS(=O)(=O)c1cc(C2CC[C@@H](c3cc(OC)c(OC)c(OC)c3)O2)cc(OC)c1OCCSc1ccc(N)cc1. The highest BCUT2D eigenvalue weighted by Crippen LogP contribution is 2.48. The summed E-state index contributed by atoms with van der Waals surface area (Å²) >= 11 is 1.60. The van der Waals surface area contributed by atoms with Gasteiger partial charge in [0.1, 0.15) is 4.90 Å². The minimum Gasteiger partial charge on any atom is -0.493 e. The zero-order valence-electron chi connectivity index (χ0n) is 24.7. The summed E-state index contributed by atoms with van der Waals surface area (Å²) in [5, 5.41) is 0. The molecule has 0 saturated carbocycles. The van der Waals surface area contributed by atoms with Gasteiger partial charge in [0.25, 0.3) is 0 Å². The second-order valence-electron chi connectivity index (χ2n) is 9.78. The number of sulfone groups is 1. The Labute approximate surface area is 252 Å². The van der Waals surface area contributed by atoms with Gasteiger partial charge in [0.05, 0.1) is 53.0 Å². The van der Waals surface area contributed by atoms with E-state index in [1.54, 1.807) is 39.2 Å². The third-order valence-electron chi connectivity index (χ3n) is 7.00. The Hall–Kier alpha value is -3.28. The van der Waals surface area contributed by atoms with Crippen molar-refractivity contribution >= 4 is 27.3 Å². The first kappa shape index (κ1) is 31.7. The first-order valence-electron chi connectivity index (χ1n) is 13.8. The zero-order chi connectivity index (χ0) is 30.3. The Kier molecular flexibility index (Phi) is 10.7. The van der Waals surface area contributed by atoms with Crippen molar-refractivity contribution in [1.82, 2.24) is 0 Å². The number of anilines is 1. The van der Waals surface area contributed by atoms with E-state index in [2.05, 4.69) is 0 Å². The predicted octanol–water partition coefficient (Wildman–Crippen LogP) is 6.25. The van der Waals surface area contributed by atoms with Crippen LogP contribution in [0.25, 0.3) is 0 Å². The highest BCUT2D eigenvalue weighted by atomic mass is 32.2. The average molecular weight is 618 g/mol. The topological polar surface area (TPSA) is 116 Å². The van der Waals surface area contributed by atoms with Crippen LogP contribution in [-0.4, -0.2) is 55.0 Å². The first-order valence-corrected chi connectivity index (χ1v) is 16.4. The summed E-state index contributed by atoms with van der Waals surface area (Å²) in [5.41, 5.74) is 8.08. The molecule has 11 heteroatoms. The molecule has 1 unspecified atom stereocenters. The summed E-state index contributed by atoms with van der Waals surface area (Å²) in [6, 6.07) is 14.8. The van der Waals surface area contributed by atoms with Crippen LogP contribution in [-0.2, 0) is 14.6 Å². The molecular weight excluding hydrogens is 578 g/mol. The maximum Gasteiger partial charge on any atom is 0.203 e. The van der Waals surface area contributed by atoms with E-state index in [0.717, 1.165) is 22.4 Å². The molecule has 0 amide bonds. The molecule has 1 aliphatic heterocycles. The average Bonchev–Trinajstić information content (AvgIpc) is 3.49. The van der Waals surface area contributed by atoms with Crippen molar-refractivity contribution in [2.24, 2.45) is 0 Å². The van der Waals surface area contributed by atoms with Crippen molar-refractivity contribution < 1.29 is 36.8 Å².